The molecule has 3 nitrogen and oxygen atoms in total. The van der Waals surface area contributed by atoms with E-state index in [0.29, 0.717) is 22.8 Å². The molecule has 1 heterocycles. The second-order valence-electron chi connectivity index (χ2n) is 7.31. The minimum absolute atomic E-state index is 0.174. The molecular weight excluding hydrogens is 387 g/mol. The van der Waals surface area contributed by atoms with Crippen LogP contribution in [0.25, 0.3) is 0 Å². The summed E-state index contributed by atoms with van der Waals surface area (Å²) < 4.78 is 13.5. The van der Waals surface area contributed by atoms with Gasteiger partial charge in [0, 0.05) is 22.6 Å². The van der Waals surface area contributed by atoms with E-state index in [4.69, 9.17) is 16.6 Å². The fraction of sp³-hybridized carbons (Fsp3) is 0.167. The van der Waals surface area contributed by atoms with Gasteiger partial charge in [-0.1, -0.05) is 35.4 Å². The molecule has 0 radical (unpaired) electrons. The summed E-state index contributed by atoms with van der Waals surface area (Å²) in [6.07, 6.45) is 0.478. The molecule has 0 saturated carbocycles. The minimum atomic E-state index is -0.610. The fourth-order valence-electron chi connectivity index (χ4n) is 3.53. The second-order valence-corrected chi connectivity index (χ2v) is 7.75. The number of carbonyl (C=O) groups excluding carboxylic acids is 1. The lowest BCUT2D eigenvalue weighted by molar-refractivity contribution is -0.117. The molecular formula is C24H20ClFN2O. The summed E-state index contributed by atoms with van der Waals surface area (Å²) >= 11 is 6.22. The molecule has 0 spiro atoms. The molecule has 1 atom stereocenters. The van der Waals surface area contributed by atoms with Gasteiger partial charge in [-0.05, 0) is 67.4 Å². The molecule has 1 amide bonds. The van der Waals surface area contributed by atoms with E-state index in [0.717, 1.165) is 27.8 Å². The largest absolute Gasteiger partial charge is 0.324 e. The van der Waals surface area contributed by atoms with E-state index in [-0.39, 0.29) is 11.7 Å². The van der Waals surface area contributed by atoms with Crippen molar-refractivity contribution in [3.8, 4) is 0 Å². The van der Waals surface area contributed by atoms with Crippen LogP contribution in [0.4, 0.5) is 10.1 Å². The molecule has 1 aliphatic heterocycles. The Balaban J connectivity index is 1.83. The Labute approximate surface area is 174 Å². The number of hydrogen-bond donors (Lipinski definition) is 1. The van der Waals surface area contributed by atoms with Gasteiger partial charge < -0.3 is 5.32 Å². The van der Waals surface area contributed by atoms with Gasteiger partial charge in [0.15, 0.2) is 0 Å². The van der Waals surface area contributed by atoms with Crippen LogP contribution >= 0.6 is 11.6 Å². The fourth-order valence-corrected chi connectivity index (χ4v) is 3.70. The van der Waals surface area contributed by atoms with E-state index in [1.54, 1.807) is 30.3 Å². The lowest BCUT2D eigenvalue weighted by atomic mass is 9.98. The van der Waals surface area contributed by atoms with Gasteiger partial charge >= 0.3 is 0 Å². The Hall–Kier alpha value is -2.98. The molecule has 3 aromatic carbocycles. The Kier molecular flexibility index (Phi) is 5.20. The standard InChI is InChI=1S/C24H20ClFN2O/c1-14-3-4-15(2)17(11-14)12-22-24(29)28-21-10-7-18(25)13-20(21)23(27-22)16-5-8-19(26)9-6-16/h3-11,13,22H,12H2,1-2H3,(H,28,29). The number of benzodiazepines with no additional fused rings is 1. The molecule has 0 fully saturated rings. The lowest BCUT2D eigenvalue weighted by Crippen LogP contribution is -2.28. The van der Waals surface area contributed by atoms with Crippen molar-refractivity contribution >= 4 is 28.9 Å². The first-order chi connectivity index (χ1) is 13.9. The average molecular weight is 407 g/mol. The number of rotatable bonds is 3. The molecule has 0 aromatic heterocycles. The first kappa shape index (κ1) is 19.3. The lowest BCUT2D eigenvalue weighted by Gasteiger charge is -2.14. The van der Waals surface area contributed by atoms with Crippen LogP contribution in [0, 0.1) is 19.7 Å². The summed E-state index contributed by atoms with van der Waals surface area (Å²) in [6, 6.07) is 17.0. The average Bonchev–Trinajstić information content (AvgIpc) is 2.82. The Morgan fingerprint density at radius 2 is 1.79 bits per heavy atom. The zero-order valence-electron chi connectivity index (χ0n) is 16.2. The first-order valence-electron chi connectivity index (χ1n) is 9.41. The normalized spacial score (nSPS) is 15.9. The highest BCUT2D eigenvalue weighted by Crippen LogP contribution is 2.28. The van der Waals surface area contributed by atoms with Crippen molar-refractivity contribution in [2.24, 2.45) is 4.99 Å². The summed E-state index contributed by atoms with van der Waals surface area (Å²) in [4.78, 5) is 17.8. The van der Waals surface area contributed by atoms with Crippen molar-refractivity contribution in [1.29, 1.82) is 0 Å². The van der Waals surface area contributed by atoms with Gasteiger partial charge in [-0.25, -0.2) is 4.39 Å². The van der Waals surface area contributed by atoms with E-state index >= 15 is 0 Å². The summed E-state index contributed by atoms with van der Waals surface area (Å²) in [5, 5.41) is 3.52. The quantitative estimate of drug-likeness (QED) is 0.613. The monoisotopic (exact) mass is 406 g/mol. The minimum Gasteiger partial charge on any atom is -0.324 e. The second kappa shape index (κ2) is 7.80. The van der Waals surface area contributed by atoms with Crippen LogP contribution in [0.5, 0.6) is 0 Å². The number of hydrogen-bond acceptors (Lipinski definition) is 2. The Morgan fingerprint density at radius 3 is 2.55 bits per heavy atom. The summed E-state index contributed by atoms with van der Waals surface area (Å²) in [5.74, 6) is -0.498. The zero-order valence-corrected chi connectivity index (χ0v) is 16.9. The predicted molar refractivity (Wildman–Crippen MR) is 116 cm³/mol. The molecule has 4 rings (SSSR count). The maximum atomic E-state index is 13.5. The van der Waals surface area contributed by atoms with Gasteiger partial charge in [0.25, 0.3) is 0 Å². The Bertz CT molecular complexity index is 1120. The third kappa shape index (κ3) is 4.08. The maximum Gasteiger partial charge on any atom is 0.249 e. The van der Waals surface area contributed by atoms with Crippen LogP contribution in [0.3, 0.4) is 0 Å². The number of aryl methyl sites for hydroxylation is 2. The van der Waals surface area contributed by atoms with Crippen molar-refractivity contribution in [2.45, 2.75) is 26.3 Å². The maximum absolute atomic E-state index is 13.5. The molecule has 29 heavy (non-hydrogen) atoms. The molecule has 1 unspecified atom stereocenters. The van der Waals surface area contributed by atoms with Crippen LogP contribution < -0.4 is 5.32 Å². The highest BCUT2D eigenvalue weighted by molar-refractivity contribution is 6.32. The smallest absolute Gasteiger partial charge is 0.249 e. The van der Waals surface area contributed by atoms with Crippen LogP contribution in [-0.2, 0) is 11.2 Å². The number of fused-ring (bicyclic) bond motifs is 1. The van der Waals surface area contributed by atoms with Gasteiger partial charge in [-0.2, -0.15) is 0 Å². The van der Waals surface area contributed by atoms with Crippen molar-refractivity contribution in [3.63, 3.8) is 0 Å². The highest BCUT2D eigenvalue weighted by atomic mass is 35.5. The zero-order chi connectivity index (χ0) is 20.5. The van der Waals surface area contributed by atoms with Crippen LogP contribution in [0.1, 0.15) is 27.8 Å². The number of benzene rings is 3. The van der Waals surface area contributed by atoms with E-state index in [2.05, 4.69) is 23.5 Å². The van der Waals surface area contributed by atoms with Gasteiger partial charge in [0.1, 0.15) is 11.9 Å². The predicted octanol–water partition coefficient (Wildman–Crippen LogP) is 5.50. The number of nitrogens with zero attached hydrogens (tertiary/aromatic N) is 1. The summed E-state index contributed by atoms with van der Waals surface area (Å²) in [7, 11) is 0. The van der Waals surface area contributed by atoms with E-state index in [1.807, 2.05) is 13.8 Å². The van der Waals surface area contributed by atoms with Crippen molar-refractivity contribution in [3.05, 3.63) is 99.3 Å². The van der Waals surface area contributed by atoms with Crippen molar-refractivity contribution in [2.75, 3.05) is 5.32 Å². The molecule has 146 valence electrons. The van der Waals surface area contributed by atoms with Crippen LogP contribution in [0.2, 0.25) is 5.02 Å². The van der Waals surface area contributed by atoms with Crippen LogP contribution in [-0.4, -0.2) is 17.7 Å². The van der Waals surface area contributed by atoms with E-state index < -0.39 is 6.04 Å². The molecule has 0 bridgehead atoms. The van der Waals surface area contributed by atoms with Crippen molar-refractivity contribution < 1.29 is 9.18 Å². The van der Waals surface area contributed by atoms with Crippen LogP contribution in [0.15, 0.2) is 65.7 Å². The third-order valence-corrected chi connectivity index (χ3v) is 5.35. The number of aliphatic imine (C=N–C) groups is 1. The number of anilines is 1. The SMILES string of the molecule is Cc1ccc(C)c(CC2N=C(c3ccc(F)cc3)c3cc(Cl)ccc3NC2=O)c1. The first-order valence-corrected chi connectivity index (χ1v) is 9.79. The molecule has 0 aliphatic carbocycles. The van der Waals surface area contributed by atoms with Gasteiger partial charge in [0.2, 0.25) is 5.91 Å². The molecule has 3 aromatic rings. The molecule has 5 heteroatoms. The topological polar surface area (TPSA) is 41.5 Å². The summed E-state index contributed by atoms with van der Waals surface area (Å²) in [6.45, 7) is 4.06. The van der Waals surface area contributed by atoms with Gasteiger partial charge in [-0.3, -0.25) is 9.79 Å². The molecule has 0 saturated heterocycles. The van der Waals surface area contributed by atoms with Gasteiger partial charge in [0.05, 0.1) is 11.4 Å². The highest BCUT2D eigenvalue weighted by Gasteiger charge is 2.26. The summed E-state index contributed by atoms with van der Waals surface area (Å²) in [5.41, 5.74) is 6.06. The number of halogens is 2. The third-order valence-electron chi connectivity index (χ3n) is 5.12. The van der Waals surface area contributed by atoms with E-state index in [9.17, 15) is 9.18 Å². The Morgan fingerprint density at radius 1 is 1.03 bits per heavy atom. The molecule has 1 N–H and O–H groups in total. The van der Waals surface area contributed by atoms with Gasteiger partial charge in [-0.15, -0.1) is 0 Å². The van der Waals surface area contributed by atoms with Crippen molar-refractivity contribution in [1.82, 2.24) is 0 Å². The van der Waals surface area contributed by atoms with E-state index in [1.165, 1.54) is 12.1 Å². The molecule has 1 aliphatic rings. The number of carbonyl (C=O) groups is 1. The number of nitrogens with one attached hydrogen (secondary N) is 1. The number of amides is 1.